The molecule has 0 radical (unpaired) electrons. The third-order valence-corrected chi connectivity index (χ3v) is 7.28. The van der Waals surface area contributed by atoms with E-state index in [1.165, 1.54) is 34.3 Å². The van der Waals surface area contributed by atoms with Gasteiger partial charge in [-0.25, -0.2) is 0 Å². The minimum atomic E-state index is -0.543. The van der Waals surface area contributed by atoms with E-state index in [1.54, 1.807) is 0 Å². The Morgan fingerprint density at radius 2 is 1.11 bits per heavy atom. The van der Waals surface area contributed by atoms with Crippen molar-refractivity contribution in [2.75, 3.05) is 13.1 Å². The van der Waals surface area contributed by atoms with Crippen LogP contribution in [0.25, 0.3) is 0 Å². The van der Waals surface area contributed by atoms with Gasteiger partial charge in [0, 0.05) is 6.54 Å². The molecule has 0 aliphatic carbocycles. The van der Waals surface area contributed by atoms with Gasteiger partial charge < -0.3 is 0 Å². The Balaban J connectivity index is 2.03. The Labute approximate surface area is 165 Å². The molecule has 0 spiro atoms. The average molecular weight is 375 g/mol. The van der Waals surface area contributed by atoms with Crippen molar-refractivity contribution in [1.82, 2.24) is 4.90 Å². The zero-order valence-corrected chi connectivity index (χ0v) is 17.4. The highest BCUT2D eigenvalue weighted by Crippen LogP contribution is 2.34. The van der Waals surface area contributed by atoms with E-state index in [2.05, 4.69) is 104 Å². The second kappa shape index (κ2) is 10.4. The highest BCUT2D eigenvalue weighted by molar-refractivity contribution is 7.79. The first-order chi connectivity index (χ1) is 13.3. The van der Waals surface area contributed by atoms with E-state index in [0.717, 1.165) is 19.6 Å². The molecular formula is C25H30NP. The van der Waals surface area contributed by atoms with E-state index < -0.39 is 7.92 Å². The molecule has 0 amide bonds. The summed E-state index contributed by atoms with van der Waals surface area (Å²) in [6.07, 6.45) is 2.41. The molecule has 0 heterocycles. The fourth-order valence-corrected chi connectivity index (χ4v) is 6.05. The maximum absolute atomic E-state index is 2.60. The van der Waals surface area contributed by atoms with Crippen LogP contribution in [0.2, 0.25) is 0 Å². The van der Waals surface area contributed by atoms with Gasteiger partial charge in [0.25, 0.3) is 0 Å². The molecule has 0 aliphatic heterocycles. The van der Waals surface area contributed by atoms with Crippen LogP contribution < -0.4 is 15.9 Å². The number of hydrogen-bond acceptors (Lipinski definition) is 1. The highest BCUT2D eigenvalue weighted by Gasteiger charge is 2.19. The molecule has 0 aliphatic rings. The second-order valence-electron chi connectivity index (χ2n) is 6.91. The molecule has 0 atom stereocenters. The second-order valence-corrected chi connectivity index (χ2v) is 9.10. The quantitative estimate of drug-likeness (QED) is 0.472. The lowest BCUT2D eigenvalue weighted by atomic mass is 10.2. The number of rotatable bonds is 9. The molecule has 1 nitrogen and oxygen atoms in total. The molecule has 0 N–H and O–H groups in total. The summed E-state index contributed by atoms with van der Waals surface area (Å²) < 4.78 is 0. The fraction of sp³-hybridized carbons (Fsp3) is 0.280. The molecule has 140 valence electrons. The first-order valence-electron chi connectivity index (χ1n) is 10.0. The summed E-state index contributed by atoms with van der Waals surface area (Å²) in [6, 6.07) is 31.1. The Bertz CT molecular complexity index is 755. The van der Waals surface area contributed by atoms with Gasteiger partial charge in [0.15, 0.2) is 0 Å². The molecule has 0 saturated carbocycles. The zero-order valence-electron chi connectivity index (χ0n) is 16.5. The largest absolute Gasteiger partial charge is 0.299 e. The van der Waals surface area contributed by atoms with Gasteiger partial charge in [0.05, 0.1) is 0 Å². The molecule has 0 bridgehead atoms. The van der Waals surface area contributed by atoms with E-state index in [0.29, 0.717) is 0 Å². The van der Waals surface area contributed by atoms with Crippen LogP contribution in [-0.2, 0) is 6.54 Å². The maximum atomic E-state index is 2.60. The summed E-state index contributed by atoms with van der Waals surface area (Å²) >= 11 is 0. The van der Waals surface area contributed by atoms with Crippen molar-refractivity contribution >= 4 is 23.8 Å². The molecule has 3 aromatic rings. The minimum Gasteiger partial charge on any atom is -0.299 e. The standard InChI is InChI=1S/C25H30NP/c1-3-19-26(20-4-2)21-22-13-11-12-18-25(22)27(23-14-7-5-8-15-23)24-16-9-6-10-17-24/h5-18H,3-4,19-21H2,1-2H3. The predicted molar refractivity (Wildman–Crippen MR) is 121 cm³/mol. The van der Waals surface area contributed by atoms with Crippen LogP contribution in [0, 0.1) is 0 Å². The predicted octanol–water partition coefficient (Wildman–Crippen LogP) is 5.07. The van der Waals surface area contributed by atoms with Gasteiger partial charge in [-0.15, -0.1) is 0 Å². The van der Waals surface area contributed by atoms with Crippen molar-refractivity contribution in [3.05, 3.63) is 90.5 Å². The average Bonchev–Trinajstić information content (AvgIpc) is 2.71. The van der Waals surface area contributed by atoms with Crippen molar-refractivity contribution in [1.29, 1.82) is 0 Å². The molecule has 0 fully saturated rings. The van der Waals surface area contributed by atoms with Crippen LogP contribution in [-0.4, -0.2) is 18.0 Å². The van der Waals surface area contributed by atoms with Crippen molar-refractivity contribution in [3.63, 3.8) is 0 Å². The lowest BCUT2D eigenvalue weighted by Crippen LogP contribution is -2.29. The zero-order chi connectivity index (χ0) is 18.9. The highest BCUT2D eigenvalue weighted by atomic mass is 31.1. The van der Waals surface area contributed by atoms with Crippen LogP contribution >= 0.6 is 7.92 Å². The van der Waals surface area contributed by atoms with E-state index in [9.17, 15) is 0 Å². The summed E-state index contributed by atoms with van der Waals surface area (Å²) in [6.45, 7) is 7.91. The summed E-state index contributed by atoms with van der Waals surface area (Å²) in [5, 5.41) is 4.33. The van der Waals surface area contributed by atoms with Gasteiger partial charge in [0.1, 0.15) is 0 Å². The van der Waals surface area contributed by atoms with Crippen LogP contribution in [0.15, 0.2) is 84.9 Å². The van der Waals surface area contributed by atoms with Gasteiger partial charge in [-0.1, -0.05) is 98.8 Å². The normalized spacial score (nSPS) is 11.3. The summed E-state index contributed by atoms with van der Waals surface area (Å²) in [4.78, 5) is 2.60. The van der Waals surface area contributed by atoms with Crippen molar-refractivity contribution < 1.29 is 0 Å². The molecular weight excluding hydrogens is 345 g/mol. The van der Waals surface area contributed by atoms with Gasteiger partial charge in [-0.3, -0.25) is 4.90 Å². The minimum absolute atomic E-state index is 0.543. The van der Waals surface area contributed by atoms with E-state index in [1.807, 2.05) is 0 Å². The van der Waals surface area contributed by atoms with Gasteiger partial charge in [-0.05, 0) is 55.3 Å². The fourth-order valence-electron chi connectivity index (χ4n) is 3.59. The van der Waals surface area contributed by atoms with Crippen LogP contribution in [0.5, 0.6) is 0 Å². The Hall–Kier alpha value is -1.95. The molecule has 27 heavy (non-hydrogen) atoms. The first-order valence-corrected chi connectivity index (χ1v) is 11.4. The van der Waals surface area contributed by atoms with Gasteiger partial charge in [0.2, 0.25) is 0 Å². The number of nitrogens with zero attached hydrogens (tertiary/aromatic N) is 1. The van der Waals surface area contributed by atoms with E-state index in [4.69, 9.17) is 0 Å². The Kier molecular flexibility index (Phi) is 7.63. The lowest BCUT2D eigenvalue weighted by Gasteiger charge is -2.26. The summed E-state index contributed by atoms with van der Waals surface area (Å²) in [7, 11) is -0.543. The topological polar surface area (TPSA) is 3.24 Å². The SMILES string of the molecule is CCCN(CCC)Cc1ccccc1P(c1ccccc1)c1ccccc1. The van der Waals surface area contributed by atoms with Crippen LogP contribution in [0.1, 0.15) is 32.3 Å². The Morgan fingerprint density at radius 1 is 0.630 bits per heavy atom. The van der Waals surface area contributed by atoms with Gasteiger partial charge in [-0.2, -0.15) is 0 Å². The van der Waals surface area contributed by atoms with E-state index in [-0.39, 0.29) is 0 Å². The maximum Gasteiger partial charge on any atom is 0.0240 e. The molecule has 0 aromatic heterocycles. The first kappa shape index (κ1) is 19.8. The monoisotopic (exact) mass is 375 g/mol. The Morgan fingerprint density at radius 3 is 1.63 bits per heavy atom. The van der Waals surface area contributed by atoms with Crippen LogP contribution in [0.4, 0.5) is 0 Å². The molecule has 0 saturated heterocycles. The number of hydrogen-bond donors (Lipinski definition) is 0. The van der Waals surface area contributed by atoms with Crippen molar-refractivity contribution in [3.8, 4) is 0 Å². The van der Waals surface area contributed by atoms with Crippen LogP contribution in [0.3, 0.4) is 0 Å². The lowest BCUT2D eigenvalue weighted by molar-refractivity contribution is 0.267. The molecule has 3 aromatic carbocycles. The number of benzene rings is 3. The third kappa shape index (κ3) is 5.28. The molecule has 3 rings (SSSR count). The molecule has 0 unspecified atom stereocenters. The third-order valence-electron chi connectivity index (χ3n) is 4.73. The smallest absolute Gasteiger partial charge is 0.0240 e. The summed E-state index contributed by atoms with van der Waals surface area (Å²) in [5.74, 6) is 0. The summed E-state index contributed by atoms with van der Waals surface area (Å²) in [5.41, 5.74) is 1.47. The van der Waals surface area contributed by atoms with Crippen molar-refractivity contribution in [2.24, 2.45) is 0 Å². The van der Waals surface area contributed by atoms with Crippen molar-refractivity contribution in [2.45, 2.75) is 33.2 Å². The van der Waals surface area contributed by atoms with Gasteiger partial charge >= 0.3 is 0 Å². The molecule has 2 heteroatoms. The van der Waals surface area contributed by atoms with E-state index >= 15 is 0 Å².